The fourth-order valence-corrected chi connectivity index (χ4v) is 0.253. The van der Waals surface area contributed by atoms with Crippen LogP contribution in [-0.4, -0.2) is 9.97 Å². The molecule has 0 N–H and O–H groups in total. The fourth-order valence-electron chi connectivity index (χ4n) is 0.253. The summed E-state index contributed by atoms with van der Waals surface area (Å²) in [6.07, 6.45) is 6.56. The molecule has 0 aliphatic heterocycles. The number of aromatic nitrogens is 2. The van der Waals surface area contributed by atoms with E-state index < -0.39 is 0 Å². The van der Waals surface area contributed by atoms with Gasteiger partial charge in [0.1, 0.15) is 0 Å². The van der Waals surface area contributed by atoms with Crippen molar-refractivity contribution in [1.82, 2.24) is 9.97 Å². The highest BCUT2D eigenvalue weighted by atomic mass is 14.7. The minimum atomic E-state index is 0. The summed E-state index contributed by atoms with van der Waals surface area (Å²) in [4.78, 5) is 7.44. The molecule has 1 aromatic heterocycles. The summed E-state index contributed by atoms with van der Waals surface area (Å²) >= 11 is 0. The zero-order valence-corrected chi connectivity index (χ0v) is 3.20. The van der Waals surface area contributed by atoms with E-state index in [4.69, 9.17) is 0 Å². The van der Waals surface area contributed by atoms with Gasteiger partial charge in [-0.05, 0) is 0 Å². The molecule has 0 atom stereocenters. The smallest absolute Gasteiger partial charge is 0.0451 e. The van der Waals surface area contributed by atoms with Gasteiger partial charge in [0, 0.05) is 24.8 Å². The average molecular weight is 176 g/mol. The molecule has 0 aromatic carbocycles. The molecule has 0 spiro atoms. The number of hydrogen-bond acceptors (Lipinski definition) is 2. The van der Waals surface area contributed by atoms with E-state index in [-0.39, 0.29) is 44.6 Å². The minimum Gasteiger partial charge on any atom is -0.262 e. The van der Waals surface area contributed by atoms with Crippen LogP contribution in [0.3, 0.4) is 0 Å². The van der Waals surface area contributed by atoms with Crippen molar-refractivity contribution < 1.29 is 0 Å². The van der Waals surface area contributed by atoms with Crippen LogP contribution in [0.25, 0.3) is 0 Å². The molecule has 0 aliphatic carbocycles. The Kier molecular flexibility index (Phi) is 117. The predicted octanol–water partition coefficient (Wildman–Crippen LogP) is 4.29. The van der Waals surface area contributed by atoms with Gasteiger partial charge in [0.2, 0.25) is 0 Å². The molecule has 2 heteroatoms. The van der Waals surface area contributed by atoms with Gasteiger partial charge in [-0.15, -0.1) is 0 Å². The monoisotopic (exact) mass is 176 g/mol. The Morgan fingerprint density at radius 1 is 0.417 bits per heavy atom. The van der Waals surface area contributed by atoms with E-state index in [2.05, 4.69) is 9.97 Å². The van der Waals surface area contributed by atoms with E-state index in [9.17, 15) is 0 Å². The largest absolute Gasteiger partial charge is 0.262 e. The second-order valence-electron chi connectivity index (χ2n) is 0.894. The van der Waals surface area contributed by atoms with Gasteiger partial charge in [-0.25, -0.2) is 0 Å². The Balaban J connectivity index is -0.0000000150. The van der Waals surface area contributed by atoms with Crippen LogP contribution in [0.4, 0.5) is 0 Å². The SMILES string of the molecule is C.C.C.C.C.C.c1cnccn1. The van der Waals surface area contributed by atoms with Gasteiger partial charge in [-0.3, -0.25) is 9.97 Å². The first kappa shape index (κ1) is 43.6. The van der Waals surface area contributed by atoms with Crippen LogP contribution in [0.2, 0.25) is 0 Å². The maximum absolute atomic E-state index is 3.72. The summed E-state index contributed by atoms with van der Waals surface area (Å²) in [5.41, 5.74) is 0. The van der Waals surface area contributed by atoms with Crippen LogP contribution >= 0.6 is 0 Å². The van der Waals surface area contributed by atoms with Crippen molar-refractivity contribution in [3.05, 3.63) is 24.8 Å². The van der Waals surface area contributed by atoms with Gasteiger partial charge in [-0.2, -0.15) is 0 Å². The molecule has 0 saturated heterocycles. The summed E-state index contributed by atoms with van der Waals surface area (Å²) in [5, 5.41) is 0. The number of rotatable bonds is 0. The molecule has 0 aliphatic rings. The lowest BCUT2D eigenvalue weighted by molar-refractivity contribution is 1.20. The first-order chi connectivity index (χ1) is 3.00. The van der Waals surface area contributed by atoms with Crippen LogP contribution in [0.15, 0.2) is 24.8 Å². The standard InChI is InChI=1S/C4H4N2.6CH4/c1-2-6-4-3-5-1;;;;;;/h1-4H;6*1H4. The van der Waals surface area contributed by atoms with Crippen molar-refractivity contribution in [1.29, 1.82) is 0 Å². The topological polar surface area (TPSA) is 25.8 Å². The normalized spacial score (nSPS) is 4.00. The Morgan fingerprint density at radius 3 is 0.667 bits per heavy atom. The van der Waals surface area contributed by atoms with Crippen molar-refractivity contribution in [2.45, 2.75) is 44.6 Å². The maximum atomic E-state index is 3.72. The first-order valence-corrected chi connectivity index (χ1v) is 1.70. The van der Waals surface area contributed by atoms with E-state index in [1.165, 1.54) is 0 Å². The lowest BCUT2D eigenvalue weighted by atomic mass is 10.8. The molecule has 1 aromatic rings. The molecule has 0 bridgehead atoms. The molecular formula is C10H28N2. The van der Waals surface area contributed by atoms with Crippen LogP contribution < -0.4 is 0 Å². The van der Waals surface area contributed by atoms with Gasteiger partial charge >= 0.3 is 0 Å². The highest BCUT2D eigenvalue weighted by molar-refractivity contribution is 4.70. The van der Waals surface area contributed by atoms with E-state index in [0.717, 1.165) is 0 Å². The first-order valence-electron chi connectivity index (χ1n) is 1.70. The van der Waals surface area contributed by atoms with Crippen molar-refractivity contribution in [3.63, 3.8) is 0 Å². The van der Waals surface area contributed by atoms with Gasteiger partial charge in [0.05, 0.1) is 0 Å². The predicted molar refractivity (Wildman–Crippen MR) is 62.4 cm³/mol. The van der Waals surface area contributed by atoms with E-state index >= 15 is 0 Å². The zero-order chi connectivity index (χ0) is 4.24. The Hall–Kier alpha value is -0.920. The van der Waals surface area contributed by atoms with Gasteiger partial charge < -0.3 is 0 Å². The summed E-state index contributed by atoms with van der Waals surface area (Å²) in [6.45, 7) is 0. The molecule has 0 amide bonds. The molecule has 0 saturated carbocycles. The summed E-state index contributed by atoms with van der Waals surface area (Å²) in [5.74, 6) is 0. The molecule has 0 unspecified atom stereocenters. The average Bonchev–Trinajstić information content (AvgIpc) is 1.72. The van der Waals surface area contributed by atoms with Crippen molar-refractivity contribution in [2.75, 3.05) is 0 Å². The quantitative estimate of drug-likeness (QED) is 0.589. The molecule has 0 fully saturated rings. The molecular weight excluding hydrogens is 148 g/mol. The summed E-state index contributed by atoms with van der Waals surface area (Å²) in [6, 6.07) is 0. The highest BCUT2D eigenvalue weighted by Gasteiger charge is 1.59. The Labute approximate surface area is 80.1 Å². The zero-order valence-electron chi connectivity index (χ0n) is 3.20. The van der Waals surface area contributed by atoms with Gasteiger partial charge in [0.15, 0.2) is 0 Å². The Bertz CT molecular complexity index is 79.8. The lowest BCUT2D eigenvalue weighted by Crippen LogP contribution is -1.66. The van der Waals surface area contributed by atoms with Gasteiger partial charge in [-0.1, -0.05) is 44.6 Å². The van der Waals surface area contributed by atoms with Gasteiger partial charge in [0.25, 0.3) is 0 Å². The Morgan fingerprint density at radius 2 is 0.583 bits per heavy atom. The van der Waals surface area contributed by atoms with E-state index in [1.54, 1.807) is 24.8 Å². The second kappa shape index (κ2) is 32.2. The second-order valence-corrected chi connectivity index (χ2v) is 0.894. The van der Waals surface area contributed by atoms with Crippen LogP contribution in [0, 0.1) is 0 Å². The molecule has 0 radical (unpaired) electrons. The fraction of sp³-hybridized carbons (Fsp3) is 0.600. The van der Waals surface area contributed by atoms with Crippen molar-refractivity contribution in [3.8, 4) is 0 Å². The summed E-state index contributed by atoms with van der Waals surface area (Å²) in [7, 11) is 0. The number of nitrogens with zero attached hydrogens (tertiary/aromatic N) is 2. The third-order valence-electron chi connectivity index (χ3n) is 0.478. The molecule has 78 valence electrons. The molecule has 1 rings (SSSR count). The van der Waals surface area contributed by atoms with Crippen LogP contribution in [0.1, 0.15) is 44.6 Å². The molecule has 2 nitrogen and oxygen atoms in total. The third kappa shape index (κ3) is 23.0. The highest BCUT2D eigenvalue weighted by Crippen LogP contribution is 1.65. The summed E-state index contributed by atoms with van der Waals surface area (Å²) < 4.78 is 0. The minimum absolute atomic E-state index is 0. The van der Waals surface area contributed by atoms with E-state index in [0.29, 0.717) is 0 Å². The maximum Gasteiger partial charge on any atom is 0.0451 e. The van der Waals surface area contributed by atoms with E-state index in [1.807, 2.05) is 0 Å². The number of hydrogen-bond donors (Lipinski definition) is 0. The van der Waals surface area contributed by atoms with Crippen molar-refractivity contribution >= 4 is 0 Å². The lowest BCUT2D eigenvalue weighted by Gasteiger charge is -1.70. The van der Waals surface area contributed by atoms with Crippen molar-refractivity contribution in [2.24, 2.45) is 0 Å². The molecule has 12 heavy (non-hydrogen) atoms. The molecule has 1 heterocycles. The van der Waals surface area contributed by atoms with Crippen LogP contribution in [0.5, 0.6) is 0 Å². The third-order valence-corrected chi connectivity index (χ3v) is 0.478. The van der Waals surface area contributed by atoms with Crippen LogP contribution in [-0.2, 0) is 0 Å².